The fourth-order valence-corrected chi connectivity index (χ4v) is 7.59. The number of Topliss-reactive ketones (excluding diaryl/α,β-unsaturated/α-hetero) is 2. The molecule has 0 atom stereocenters. The molecular weight excluding hydrogens is 660 g/mol. The van der Waals surface area contributed by atoms with Gasteiger partial charge in [-0.25, -0.2) is 0 Å². The van der Waals surface area contributed by atoms with Gasteiger partial charge in [0.05, 0.1) is 15.2 Å². The Balaban J connectivity index is 1.58. The lowest BCUT2D eigenvalue weighted by Crippen LogP contribution is -2.42. The summed E-state index contributed by atoms with van der Waals surface area (Å²) >= 11 is 13.4. The van der Waals surface area contributed by atoms with Gasteiger partial charge in [0.25, 0.3) is 5.91 Å². The lowest BCUT2D eigenvalue weighted by Gasteiger charge is -2.44. The van der Waals surface area contributed by atoms with Gasteiger partial charge in [0, 0.05) is 51.3 Å². The number of rotatable bonds is 5. The zero-order valence-corrected chi connectivity index (χ0v) is 26.8. The van der Waals surface area contributed by atoms with Crippen molar-refractivity contribution in [3.05, 3.63) is 78.5 Å². The summed E-state index contributed by atoms with van der Waals surface area (Å²) in [6.45, 7) is 8.07. The van der Waals surface area contributed by atoms with Gasteiger partial charge in [0.2, 0.25) is 0 Å². The number of anilines is 1. The van der Waals surface area contributed by atoms with Gasteiger partial charge in [0.15, 0.2) is 18.2 Å². The average Bonchev–Trinajstić information content (AvgIpc) is 2.81. The smallest absolute Gasteiger partial charge is 0.262 e. The Morgan fingerprint density at radius 3 is 2.12 bits per heavy atom. The largest absolute Gasteiger partial charge is 0.482 e. The third kappa shape index (κ3) is 5.81. The molecule has 0 unspecified atom stereocenters. The Kier molecular flexibility index (Phi) is 7.83. The highest BCUT2D eigenvalue weighted by Gasteiger charge is 2.47. The second-order valence-electron chi connectivity index (χ2n) is 12.3. The second kappa shape index (κ2) is 10.8. The van der Waals surface area contributed by atoms with E-state index in [2.05, 4.69) is 70.2 Å². The molecule has 2 aliphatic carbocycles. The molecule has 1 aliphatic heterocycles. The molecule has 0 aromatic heterocycles. The van der Waals surface area contributed by atoms with Crippen LogP contribution in [0.3, 0.4) is 0 Å². The summed E-state index contributed by atoms with van der Waals surface area (Å²) in [4.78, 5) is 40.3. The summed E-state index contributed by atoms with van der Waals surface area (Å²) < 4.78 is 7.52. The number of ketones is 2. The number of halogens is 3. The minimum Gasteiger partial charge on any atom is -0.482 e. The zero-order chi connectivity index (χ0) is 29.0. The summed E-state index contributed by atoms with van der Waals surface area (Å²) in [6, 6.07) is 10.7. The molecule has 6 nitrogen and oxygen atoms in total. The van der Waals surface area contributed by atoms with Crippen molar-refractivity contribution in [3.8, 4) is 5.75 Å². The van der Waals surface area contributed by atoms with Gasteiger partial charge in [-0.15, -0.1) is 0 Å². The van der Waals surface area contributed by atoms with Crippen molar-refractivity contribution in [1.29, 1.82) is 0 Å². The quantitative estimate of drug-likeness (QED) is 0.334. The highest BCUT2D eigenvalue weighted by atomic mass is 79.9. The van der Waals surface area contributed by atoms with Crippen LogP contribution in [-0.4, -0.2) is 24.1 Å². The molecule has 9 heteroatoms. The maximum atomic E-state index is 13.7. The van der Waals surface area contributed by atoms with Crippen molar-refractivity contribution in [2.24, 2.45) is 10.8 Å². The molecule has 2 N–H and O–H groups in total. The molecule has 2 aromatic carbocycles. The van der Waals surface area contributed by atoms with Crippen molar-refractivity contribution in [2.45, 2.75) is 59.3 Å². The molecule has 0 bridgehead atoms. The van der Waals surface area contributed by atoms with E-state index in [9.17, 15) is 14.4 Å². The number of dihydropyridines is 1. The van der Waals surface area contributed by atoms with Gasteiger partial charge >= 0.3 is 0 Å². The molecule has 40 heavy (non-hydrogen) atoms. The number of benzene rings is 2. The number of amides is 1. The normalized spacial score (nSPS) is 20.1. The number of ether oxygens (including phenoxy) is 1. The second-order valence-corrected chi connectivity index (χ2v) is 14.5. The zero-order valence-electron chi connectivity index (χ0n) is 22.8. The summed E-state index contributed by atoms with van der Waals surface area (Å²) in [5, 5.41) is 6.74. The number of hydrogen-bond acceptors (Lipinski definition) is 5. The van der Waals surface area contributed by atoms with E-state index in [4.69, 9.17) is 16.3 Å². The first-order valence-electron chi connectivity index (χ1n) is 13.2. The minimum absolute atomic E-state index is 0.0199. The summed E-state index contributed by atoms with van der Waals surface area (Å²) in [7, 11) is 0. The molecule has 2 aromatic rings. The predicted molar refractivity (Wildman–Crippen MR) is 163 cm³/mol. The lowest BCUT2D eigenvalue weighted by molar-refractivity contribution is -0.120. The number of para-hydroxylation sites is 1. The number of carbonyl (C=O) groups excluding carboxylic acids is 3. The van der Waals surface area contributed by atoms with Gasteiger partial charge in [-0.3, -0.25) is 14.4 Å². The van der Waals surface area contributed by atoms with Crippen LogP contribution >= 0.6 is 43.5 Å². The fourth-order valence-electron chi connectivity index (χ4n) is 6.03. The van der Waals surface area contributed by atoms with Crippen LogP contribution in [0.1, 0.15) is 64.9 Å². The van der Waals surface area contributed by atoms with Crippen LogP contribution < -0.4 is 15.4 Å². The van der Waals surface area contributed by atoms with Crippen LogP contribution in [0.4, 0.5) is 5.69 Å². The van der Waals surface area contributed by atoms with Gasteiger partial charge < -0.3 is 15.4 Å². The maximum absolute atomic E-state index is 13.7. The van der Waals surface area contributed by atoms with E-state index < -0.39 is 5.92 Å². The number of allylic oxidation sites excluding steroid dienone is 4. The number of hydrogen-bond donors (Lipinski definition) is 2. The maximum Gasteiger partial charge on any atom is 0.262 e. The van der Waals surface area contributed by atoms with Crippen LogP contribution in [-0.2, 0) is 14.4 Å². The lowest BCUT2D eigenvalue weighted by atomic mass is 9.64. The van der Waals surface area contributed by atoms with Crippen LogP contribution in [0, 0.1) is 10.8 Å². The van der Waals surface area contributed by atoms with E-state index in [0.717, 1.165) is 15.9 Å². The predicted octanol–water partition coefficient (Wildman–Crippen LogP) is 7.86. The average molecular weight is 691 g/mol. The van der Waals surface area contributed by atoms with Crippen LogP contribution in [0.5, 0.6) is 5.75 Å². The van der Waals surface area contributed by atoms with E-state index in [-0.39, 0.29) is 34.9 Å². The summed E-state index contributed by atoms with van der Waals surface area (Å²) in [6.07, 6.45) is 2.17. The first kappa shape index (κ1) is 29.1. The molecule has 0 radical (unpaired) electrons. The van der Waals surface area contributed by atoms with Gasteiger partial charge in [0.1, 0.15) is 5.75 Å². The first-order chi connectivity index (χ1) is 18.7. The SMILES string of the molecule is CC1(C)CC(=O)C2=C(C1)NC1=C(C(=O)CC(C)(C)C1)C2c1cc(Br)cc(Br)c1OCC(=O)Nc1ccccc1Cl. The van der Waals surface area contributed by atoms with Crippen molar-refractivity contribution >= 4 is 66.6 Å². The van der Waals surface area contributed by atoms with E-state index in [1.165, 1.54) is 0 Å². The molecule has 1 amide bonds. The van der Waals surface area contributed by atoms with E-state index in [0.29, 0.717) is 63.3 Å². The third-order valence-corrected chi connectivity index (χ3v) is 8.94. The Bertz CT molecular complexity index is 1460. The Morgan fingerprint density at radius 2 is 1.55 bits per heavy atom. The van der Waals surface area contributed by atoms with E-state index in [1.807, 2.05) is 12.1 Å². The highest BCUT2D eigenvalue weighted by Crippen LogP contribution is 2.53. The Labute approximate surface area is 256 Å². The summed E-state index contributed by atoms with van der Waals surface area (Å²) in [5.74, 6) is -0.532. The van der Waals surface area contributed by atoms with Crippen LogP contribution in [0.25, 0.3) is 0 Å². The third-order valence-electron chi connectivity index (χ3n) is 7.56. The molecule has 0 spiro atoms. The Morgan fingerprint density at radius 1 is 0.975 bits per heavy atom. The molecule has 1 heterocycles. The van der Waals surface area contributed by atoms with E-state index >= 15 is 0 Å². The first-order valence-corrected chi connectivity index (χ1v) is 15.2. The molecular formula is C31H31Br2ClN2O4. The van der Waals surface area contributed by atoms with Gasteiger partial charge in [-0.1, -0.05) is 67.4 Å². The van der Waals surface area contributed by atoms with Crippen LogP contribution in [0.2, 0.25) is 5.02 Å². The number of nitrogens with one attached hydrogen (secondary N) is 2. The van der Waals surface area contributed by atoms with Crippen molar-refractivity contribution < 1.29 is 19.1 Å². The monoisotopic (exact) mass is 688 g/mol. The van der Waals surface area contributed by atoms with E-state index in [1.54, 1.807) is 24.3 Å². The molecule has 3 aliphatic rings. The van der Waals surface area contributed by atoms with Crippen molar-refractivity contribution in [3.63, 3.8) is 0 Å². The van der Waals surface area contributed by atoms with Gasteiger partial charge in [-0.2, -0.15) is 0 Å². The molecule has 210 valence electrons. The topological polar surface area (TPSA) is 84.5 Å². The minimum atomic E-state index is -0.603. The molecule has 0 saturated heterocycles. The number of carbonyl (C=O) groups is 3. The summed E-state index contributed by atoms with van der Waals surface area (Å²) in [5.41, 5.74) is 3.71. The van der Waals surface area contributed by atoms with Crippen molar-refractivity contribution in [2.75, 3.05) is 11.9 Å². The molecule has 5 rings (SSSR count). The molecule has 0 saturated carbocycles. The van der Waals surface area contributed by atoms with Crippen molar-refractivity contribution in [1.82, 2.24) is 5.32 Å². The van der Waals surface area contributed by atoms with Gasteiger partial charge in [-0.05, 0) is 63.9 Å². The highest BCUT2D eigenvalue weighted by molar-refractivity contribution is 9.11. The van der Waals surface area contributed by atoms with Crippen LogP contribution in [0.15, 0.2) is 67.9 Å². The standard InChI is InChI=1S/C31H31Br2ClN2O4/c1-30(2)11-21-27(23(37)13-30)26(28-22(35-21)12-31(3,4)14-24(28)38)17-9-16(32)10-18(33)29(17)40-15-25(39)36-20-8-6-5-7-19(20)34/h5-10,26,35H,11-15H2,1-4H3,(H,36,39). The fraction of sp³-hybridized carbons (Fsp3) is 0.387. The molecule has 0 fully saturated rings. The Hall–Kier alpha value is -2.42.